The van der Waals surface area contributed by atoms with Crippen molar-refractivity contribution in [1.29, 1.82) is 0 Å². The Kier molecular flexibility index (Phi) is 2.60. The van der Waals surface area contributed by atoms with E-state index in [0.717, 1.165) is 19.5 Å². The van der Waals surface area contributed by atoms with E-state index in [-0.39, 0.29) is 0 Å². The minimum Gasteiger partial charge on any atom is -0.367 e. The molecular formula is C16H17N. The molecule has 3 rings (SSSR count). The summed E-state index contributed by atoms with van der Waals surface area (Å²) in [6.07, 6.45) is 1.16. The molecule has 86 valence electrons. The van der Waals surface area contributed by atoms with Gasteiger partial charge in [0.1, 0.15) is 0 Å². The SMILES string of the molecule is Cc1cccc(N2CCc3ccccc3C2)c1. The fourth-order valence-electron chi connectivity index (χ4n) is 2.54. The molecule has 0 amide bonds. The largest absolute Gasteiger partial charge is 0.367 e. The Bertz CT molecular complexity index is 531. The highest BCUT2D eigenvalue weighted by atomic mass is 15.1. The molecule has 0 aliphatic carbocycles. The van der Waals surface area contributed by atoms with Gasteiger partial charge in [0, 0.05) is 18.8 Å². The lowest BCUT2D eigenvalue weighted by atomic mass is 9.99. The van der Waals surface area contributed by atoms with Crippen LogP contribution >= 0.6 is 0 Å². The average molecular weight is 223 g/mol. The monoisotopic (exact) mass is 223 g/mol. The van der Waals surface area contributed by atoms with E-state index in [1.807, 2.05) is 0 Å². The van der Waals surface area contributed by atoms with Crippen molar-refractivity contribution in [3.8, 4) is 0 Å². The van der Waals surface area contributed by atoms with Crippen molar-refractivity contribution >= 4 is 5.69 Å². The van der Waals surface area contributed by atoms with Gasteiger partial charge in [0.2, 0.25) is 0 Å². The normalized spacial score (nSPS) is 14.5. The van der Waals surface area contributed by atoms with Gasteiger partial charge in [-0.05, 0) is 42.2 Å². The van der Waals surface area contributed by atoms with Gasteiger partial charge in [0.05, 0.1) is 0 Å². The maximum absolute atomic E-state index is 2.47. The van der Waals surface area contributed by atoms with Crippen LogP contribution < -0.4 is 4.90 Å². The van der Waals surface area contributed by atoms with Crippen LogP contribution in [0.3, 0.4) is 0 Å². The molecule has 0 radical (unpaired) electrons. The number of anilines is 1. The number of hydrogen-bond acceptors (Lipinski definition) is 1. The summed E-state index contributed by atoms with van der Waals surface area (Å²) in [6, 6.07) is 17.6. The van der Waals surface area contributed by atoms with Gasteiger partial charge in [-0.25, -0.2) is 0 Å². The van der Waals surface area contributed by atoms with Crippen LogP contribution in [-0.4, -0.2) is 6.54 Å². The fraction of sp³-hybridized carbons (Fsp3) is 0.250. The topological polar surface area (TPSA) is 3.24 Å². The minimum atomic E-state index is 1.04. The molecule has 1 heterocycles. The molecule has 0 bridgehead atoms. The summed E-state index contributed by atoms with van der Waals surface area (Å²) < 4.78 is 0. The van der Waals surface area contributed by atoms with Gasteiger partial charge in [-0.3, -0.25) is 0 Å². The van der Waals surface area contributed by atoms with E-state index in [1.54, 1.807) is 0 Å². The lowest BCUT2D eigenvalue weighted by Crippen LogP contribution is -2.30. The summed E-state index contributed by atoms with van der Waals surface area (Å²) in [7, 11) is 0. The summed E-state index contributed by atoms with van der Waals surface area (Å²) in [5.74, 6) is 0. The Hall–Kier alpha value is -1.76. The number of rotatable bonds is 1. The van der Waals surface area contributed by atoms with Crippen molar-refractivity contribution in [1.82, 2.24) is 0 Å². The molecule has 0 fully saturated rings. The first-order valence-corrected chi connectivity index (χ1v) is 6.21. The van der Waals surface area contributed by atoms with Gasteiger partial charge >= 0.3 is 0 Å². The van der Waals surface area contributed by atoms with Crippen LogP contribution in [-0.2, 0) is 13.0 Å². The average Bonchev–Trinajstić information content (AvgIpc) is 2.38. The molecule has 0 saturated heterocycles. The summed E-state index contributed by atoms with van der Waals surface area (Å²) in [5.41, 5.74) is 5.66. The first-order valence-electron chi connectivity index (χ1n) is 6.21. The second-order valence-corrected chi connectivity index (χ2v) is 4.78. The Morgan fingerprint density at radius 3 is 2.59 bits per heavy atom. The lowest BCUT2D eigenvalue weighted by molar-refractivity contribution is 0.731. The lowest BCUT2D eigenvalue weighted by Gasteiger charge is -2.30. The predicted molar refractivity (Wildman–Crippen MR) is 72.4 cm³/mol. The Balaban J connectivity index is 1.89. The molecule has 1 aliphatic rings. The van der Waals surface area contributed by atoms with Crippen molar-refractivity contribution in [3.05, 3.63) is 65.2 Å². The number of benzene rings is 2. The molecular weight excluding hydrogens is 206 g/mol. The zero-order chi connectivity index (χ0) is 11.7. The first-order chi connectivity index (χ1) is 8.33. The molecule has 1 nitrogen and oxygen atoms in total. The highest BCUT2D eigenvalue weighted by molar-refractivity contribution is 5.51. The third-order valence-corrected chi connectivity index (χ3v) is 3.50. The van der Waals surface area contributed by atoms with Crippen LogP contribution in [0.4, 0.5) is 5.69 Å². The van der Waals surface area contributed by atoms with Gasteiger partial charge < -0.3 is 4.90 Å². The quantitative estimate of drug-likeness (QED) is 0.714. The molecule has 1 aliphatic heterocycles. The third-order valence-electron chi connectivity index (χ3n) is 3.50. The molecule has 17 heavy (non-hydrogen) atoms. The van der Waals surface area contributed by atoms with Crippen LogP contribution in [0.25, 0.3) is 0 Å². The van der Waals surface area contributed by atoms with Gasteiger partial charge in [0.15, 0.2) is 0 Å². The Labute approximate surface area is 103 Å². The second-order valence-electron chi connectivity index (χ2n) is 4.78. The van der Waals surface area contributed by atoms with Gasteiger partial charge in [0.25, 0.3) is 0 Å². The molecule has 1 heteroatoms. The first kappa shape index (κ1) is 10.4. The van der Waals surface area contributed by atoms with Gasteiger partial charge in [-0.2, -0.15) is 0 Å². The summed E-state index contributed by atoms with van der Waals surface area (Å²) in [6.45, 7) is 4.32. The van der Waals surface area contributed by atoms with E-state index in [4.69, 9.17) is 0 Å². The van der Waals surface area contributed by atoms with Crippen molar-refractivity contribution in [2.45, 2.75) is 19.9 Å². The van der Waals surface area contributed by atoms with Crippen LogP contribution in [0, 0.1) is 6.92 Å². The molecule has 2 aromatic carbocycles. The van der Waals surface area contributed by atoms with Gasteiger partial charge in [-0.15, -0.1) is 0 Å². The van der Waals surface area contributed by atoms with Crippen LogP contribution in [0.2, 0.25) is 0 Å². The molecule has 0 unspecified atom stereocenters. The minimum absolute atomic E-state index is 1.04. The van der Waals surface area contributed by atoms with Crippen molar-refractivity contribution in [3.63, 3.8) is 0 Å². The van der Waals surface area contributed by atoms with E-state index >= 15 is 0 Å². The van der Waals surface area contributed by atoms with Crippen LogP contribution in [0.1, 0.15) is 16.7 Å². The maximum atomic E-state index is 2.47. The van der Waals surface area contributed by atoms with E-state index in [1.165, 1.54) is 22.4 Å². The predicted octanol–water partition coefficient (Wildman–Crippen LogP) is 3.56. The smallest absolute Gasteiger partial charge is 0.0432 e. The third kappa shape index (κ3) is 2.05. The molecule has 0 N–H and O–H groups in total. The fourth-order valence-corrected chi connectivity index (χ4v) is 2.54. The maximum Gasteiger partial charge on any atom is 0.0432 e. The molecule has 0 spiro atoms. The standard InChI is InChI=1S/C16H17N/c1-13-5-4-8-16(11-13)17-10-9-14-6-2-3-7-15(14)12-17/h2-8,11H,9-10,12H2,1H3. The van der Waals surface area contributed by atoms with E-state index < -0.39 is 0 Å². The second kappa shape index (κ2) is 4.25. The molecule has 0 atom stereocenters. The Morgan fingerprint density at radius 2 is 1.76 bits per heavy atom. The van der Waals surface area contributed by atoms with Crippen LogP contribution in [0.15, 0.2) is 48.5 Å². The van der Waals surface area contributed by atoms with Crippen molar-refractivity contribution < 1.29 is 0 Å². The zero-order valence-corrected chi connectivity index (χ0v) is 10.2. The highest BCUT2D eigenvalue weighted by Crippen LogP contribution is 2.24. The summed E-state index contributed by atoms with van der Waals surface area (Å²) >= 11 is 0. The van der Waals surface area contributed by atoms with E-state index in [9.17, 15) is 0 Å². The van der Waals surface area contributed by atoms with Crippen molar-refractivity contribution in [2.75, 3.05) is 11.4 Å². The Morgan fingerprint density at radius 1 is 0.941 bits per heavy atom. The molecule has 2 aromatic rings. The number of hydrogen-bond donors (Lipinski definition) is 0. The number of aryl methyl sites for hydroxylation is 1. The van der Waals surface area contributed by atoms with Gasteiger partial charge in [-0.1, -0.05) is 36.4 Å². The highest BCUT2D eigenvalue weighted by Gasteiger charge is 2.15. The molecule has 0 aromatic heterocycles. The zero-order valence-electron chi connectivity index (χ0n) is 10.2. The van der Waals surface area contributed by atoms with Crippen molar-refractivity contribution in [2.24, 2.45) is 0 Å². The number of fused-ring (bicyclic) bond motifs is 1. The number of nitrogens with zero attached hydrogens (tertiary/aromatic N) is 1. The molecule has 0 saturated carbocycles. The van der Waals surface area contributed by atoms with E-state index in [2.05, 4.69) is 60.4 Å². The van der Waals surface area contributed by atoms with E-state index in [0.29, 0.717) is 0 Å². The summed E-state index contributed by atoms with van der Waals surface area (Å²) in [4.78, 5) is 2.47. The summed E-state index contributed by atoms with van der Waals surface area (Å²) in [5, 5.41) is 0. The van der Waals surface area contributed by atoms with Crippen LogP contribution in [0.5, 0.6) is 0 Å².